The Bertz CT molecular complexity index is 1020. The van der Waals surface area contributed by atoms with E-state index in [9.17, 15) is 9.59 Å². The predicted molar refractivity (Wildman–Crippen MR) is 108 cm³/mol. The monoisotopic (exact) mass is 416 g/mol. The van der Waals surface area contributed by atoms with Gasteiger partial charge in [-0.25, -0.2) is 4.98 Å². The molecule has 0 spiro atoms. The number of rotatable bonds is 4. The third-order valence-electron chi connectivity index (χ3n) is 4.83. The molecular formula is C20H18Cl2N4O2. The number of hydrogen-bond acceptors (Lipinski definition) is 3. The lowest BCUT2D eigenvalue weighted by molar-refractivity contribution is -0.125. The molecule has 1 aliphatic heterocycles. The molecule has 2 aromatic heterocycles. The molecule has 0 saturated carbocycles. The summed E-state index contributed by atoms with van der Waals surface area (Å²) in [6.07, 6.45) is 5.15. The molecule has 0 unspecified atom stereocenters. The maximum Gasteiger partial charge on any atom is 0.256 e. The van der Waals surface area contributed by atoms with E-state index in [1.807, 2.05) is 35.0 Å². The minimum absolute atomic E-state index is 0.193. The van der Waals surface area contributed by atoms with Crippen molar-refractivity contribution < 1.29 is 9.59 Å². The number of nitrogens with zero attached hydrogens (tertiary/aromatic N) is 3. The van der Waals surface area contributed by atoms with Crippen LogP contribution in [0.5, 0.6) is 0 Å². The van der Waals surface area contributed by atoms with Crippen LogP contribution in [0.25, 0.3) is 5.65 Å². The first-order valence-electron chi connectivity index (χ1n) is 8.99. The van der Waals surface area contributed by atoms with E-state index in [0.717, 1.165) is 17.8 Å². The SMILES string of the molecule is O=C(NCc1cn2ccccc2n1)[C@H]1CCCN1C(=O)c1cc(Cl)ccc1Cl. The maximum absolute atomic E-state index is 12.9. The molecule has 1 aliphatic rings. The minimum Gasteiger partial charge on any atom is -0.349 e. The van der Waals surface area contributed by atoms with E-state index >= 15 is 0 Å². The van der Waals surface area contributed by atoms with E-state index in [1.54, 1.807) is 17.0 Å². The van der Waals surface area contributed by atoms with Crippen LogP contribution in [0, 0.1) is 0 Å². The lowest BCUT2D eigenvalue weighted by atomic mass is 10.1. The van der Waals surface area contributed by atoms with Crippen molar-refractivity contribution in [3.05, 3.63) is 70.1 Å². The fourth-order valence-electron chi connectivity index (χ4n) is 3.47. The van der Waals surface area contributed by atoms with Crippen LogP contribution >= 0.6 is 23.2 Å². The van der Waals surface area contributed by atoms with E-state index in [1.165, 1.54) is 6.07 Å². The molecule has 3 heterocycles. The summed E-state index contributed by atoms with van der Waals surface area (Å²) >= 11 is 12.2. The van der Waals surface area contributed by atoms with Gasteiger partial charge < -0.3 is 14.6 Å². The predicted octanol–water partition coefficient (Wildman–Crippen LogP) is 3.56. The molecule has 1 atom stereocenters. The van der Waals surface area contributed by atoms with Gasteiger partial charge in [-0.2, -0.15) is 0 Å². The van der Waals surface area contributed by atoms with Crippen molar-refractivity contribution >= 4 is 40.7 Å². The number of fused-ring (bicyclic) bond motifs is 1. The Morgan fingerprint density at radius 2 is 2.07 bits per heavy atom. The molecule has 1 N–H and O–H groups in total. The third-order valence-corrected chi connectivity index (χ3v) is 5.40. The number of hydrogen-bond donors (Lipinski definition) is 1. The number of likely N-dealkylation sites (tertiary alicyclic amines) is 1. The molecule has 144 valence electrons. The normalized spacial score (nSPS) is 16.5. The van der Waals surface area contributed by atoms with Crippen molar-refractivity contribution in [3.8, 4) is 0 Å². The van der Waals surface area contributed by atoms with Crippen molar-refractivity contribution in [2.45, 2.75) is 25.4 Å². The molecule has 6 nitrogen and oxygen atoms in total. The van der Waals surface area contributed by atoms with Gasteiger partial charge in [0.1, 0.15) is 11.7 Å². The summed E-state index contributed by atoms with van der Waals surface area (Å²) in [7, 11) is 0. The van der Waals surface area contributed by atoms with Gasteiger partial charge in [0.05, 0.1) is 22.8 Å². The van der Waals surface area contributed by atoms with Crippen LogP contribution in [0.2, 0.25) is 10.0 Å². The second-order valence-corrected chi connectivity index (χ2v) is 7.54. The maximum atomic E-state index is 12.9. The number of imidazole rings is 1. The lowest BCUT2D eigenvalue weighted by Gasteiger charge is -2.24. The van der Waals surface area contributed by atoms with Crippen molar-refractivity contribution in [2.24, 2.45) is 0 Å². The zero-order valence-electron chi connectivity index (χ0n) is 14.9. The van der Waals surface area contributed by atoms with E-state index in [2.05, 4.69) is 10.3 Å². The number of nitrogens with one attached hydrogen (secondary N) is 1. The highest BCUT2D eigenvalue weighted by Gasteiger charge is 2.35. The Labute approximate surface area is 172 Å². The second kappa shape index (κ2) is 7.81. The fourth-order valence-corrected chi connectivity index (χ4v) is 3.84. The van der Waals surface area contributed by atoms with E-state index in [0.29, 0.717) is 35.1 Å². The zero-order valence-corrected chi connectivity index (χ0v) is 16.5. The van der Waals surface area contributed by atoms with Crippen LogP contribution in [0.4, 0.5) is 0 Å². The van der Waals surface area contributed by atoms with Crippen molar-refractivity contribution in [1.82, 2.24) is 19.6 Å². The molecule has 4 rings (SSSR count). The number of pyridine rings is 1. The van der Waals surface area contributed by atoms with Gasteiger partial charge in [-0.3, -0.25) is 9.59 Å². The van der Waals surface area contributed by atoms with Crippen molar-refractivity contribution in [2.75, 3.05) is 6.54 Å². The quantitative estimate of drug-likeness (QED) is 0.706. The van der Waals surface area contributed by atoms with Gasteiger partial charge in [-0.05, 0) is 43.2 Å². The second-order valence-electron chi connectivity index (χ2n) is 6.70. The van der Waals surface area contributed by atoms with Gasteiger partial charge in [0, 0.05) is 24.0 Å². The summed E-state index contributed by atoms with van der Waals surface area (Å²) in [5.74, 6) is -0.473. The molecule has 0 radical (unpaired) electrons. The smallest absolute Gasteiger partial charge is 0.256 e. The van der Waals surface area contributed by atoms with Gasteiger partial charge in [0.2, 0.25) is 5.91 Å². The highest BCUT2D eigenvalue weighted by atomic mass is 35.5. The van der Waals surface area contributed by atoms with Crippen LogP contribution in [0.15, 0.2) is 48.8 Å². The van der Waals surface area contributed by atoms with Crippen LogP contribution in [-0.2, 0) is 11.3 Å². The van der Waals surface area contributed by atoms with Crippen LogP contribution < -0.4 is 5.32 Å². The number of carbonyl (C=O) groups excluding carboxylic acids is 2. The topological polar surface area (TPSA) is 66.7 Å². The van der Waals surface area contributed by atoms with Crippen molar-refractivity contribution in [1.29, 1.82) is 0 Å². The number of amides is 2. The van der Waals surface area contributed by atoms with Crippen LogP contribution in [0.3, 0.4) is 0 Å². The largest absolute Gasteiger partial charge is 0.349 e. The van der Waals surface area contributed by atoms with Gasteiger partial charge >= 0.3 is 0 Å². The molecule has 8 heteroatoms. The van der Waals surface area contributed by atoms with E-state index < -0.39 is 6.04 Å². The van der Waals surface area contributed by atoms with E-state index in [4.69, 9.17) is 23.2 Å². The first-order chi connectivity index (χ1) is 13.5. The molecule has 0 bridgehead atoms. The first kappa shape index (κ1) is 18.8. The molecule has 1 fully saturated rings. The lowest BCUT2D eigenvalue weighted by Crippen LogP contribution is -2.45. The Morgan fingerprint density at radius 3 is 2.89 bits per heavy atom. The fraction of sp³-hybridized carbons (Fsp3) is 0.250. The number of aromatic nitrogens is 2. The van der Waals surface area contributed by atoms with E-state index in [-0.39, 0.29) is 11.8 Å². The molecule has 1 saturated heterocycles. The Hall–Kier alpha value is -2.57. The summed E-state index contributed by atoms with van der Waals surface area (Å²) in [5.41, 5.74) is 1.89. The highest BCUT2D eigenvalue weighted by molar-refractivity contribution is 6.35. The summed E-state index contributed by atoms with van der Waals surface area (Å²) < 4.78 is 1.90. The zero-order chi connectivity index (χ0) is 19.7. The first-order valence-corrected chi connectivity index (χ1v) is 9.75. The van der Waals surface area contributed by atoms with Gasteiger partial charge in [0.25, 0.3) is 5.91 Å². The minimum atomic E-state index is -0.528. The number of carbonyl (C=O) groups is 2. The third kappa shape index (κ3) is 3.70. The van der Waals surface area contributed by atoms with Gasteiger partial charge in [-0.15, -0.1) is 0 Å². The molecule has 28 heavy (non-hydrogen) atoms. The molecule has 0 aliphatic carbocycles. The van der Waals surface area contributed by atoms with Crippen molar-refractivity contribution in [3.63, 3.8) is 0 Å². The Balaban J connectivity index is 1.45. The summed E-state index contributed by atoms with van der Waals surface area (Å²) in [6, 6.07) is 9.95. The van der Waals surface area contributed by atoms with Crippen LogP contribution in [-0.4, -0.2) is 38.7 Å². The standard InChI is InChI=1S/C20H18Cl2N4O2/c21-13-6-7-16(22)15(10-13)20(28)26-9-3-4-17(26)19(27)23-11-14-12-25-8-2-1-5-18(25)24-14/h1-2,5-8,10,12,17H,3-4,9,11H2,(H,23,27)/t17-/m1/s1. The number of halogens is 2. The molecule has 3 aromatic rings. The van der Waals surface area contributed by atoms with Gasteiger partial charge in [0.15, 0.2) is 0 Å². The average molecular weight is 417 g/mol. The summed E-state index contributed by atoms with van der Waals surface area (Å²) in [5, 5.41) is 3.65. The molecule has 2 amide bonds. The average Bonchev–Trinajstić information content (AvgIpc) is 3.34. The summed E-state index contributed by atoms with van der Waals surface area (Å²) in [4.78, 5) is 31.7. The number of benzene rings is 1. The Morgan fingerprint density at radius 1 is 1.21 bits per heavy atom. The van der Waals surface area contributed by atoms with Gasteiger partial charge in [-0.1, -0.05) is 29.3 Å². The highest BCUT2D eigenvalue weighted by Crippen LogP contribution is 2.26. The summed E-state index contributed by atoms with van der Waals surface area (Å²) in [6.45, 7) is 0.811. The van der Waals surface area contributed by atoms with Crippen LogP contribution in [0.1, 0.15) is 28.9 Å². The molecular weight excluding hydrogens is 399 g/mol. The Kier molecular flexibility index (Phi) is 5.24. The molecule has 1 aromatic carbocycles.